The molecule has 2 rings (SSSR count). The number of hydrogen-bond acceptors (Lipinski definition) is 4. The van der Waals surface area contributed by atoms with Gasteiger partial charge in [0, 0.05) is 18.5 Å². The third-order valence-corrected chi connectivity index (χ3v) is 6.43. The first-order valence-electron chi connectivity index (χ1n) is 9.29. The van der Waals surface area contributed by atoms with E-state index in [1.807, 2.05) is 12.1 Å². The Kier molecular flexibility index (Phi) is 7.28. The Morgan fingerprint density at radius 3 is 2.48 bits per heavy atom. The van der Waals surface area contributed by atoms with E-state index in [-0.39, 0.29) is 17.7 Å². The molecule has 0 aliphatic carbocycles. The Bertz CT molecular complexity index is 629. The van der Waals surface area contributed by atoms with Crippen LogP contribution in [0, 0.1) is 5.92 Å². The lowest BCUT2D eigenvalue weighted by atomic mass is 9.93. The molecule has 0 unspecified atom stereocenters. The van der Waals surface area contributed by atoms with E-state index >= 15 is 0 Å². The first-order valence-corrected chi connectivity index (χ1v) is 10.9. The van der Waals surface area contributed by atoms with Crippen molar-refractivity contribution in [2.45, 2.75) is 46.1 Å². The number of nitrogens with zero attached hydrogens (tertiary/aromatic N) is 1. The molecule has 0 saturated carbocycles. The monoisotopic (exact) mass is 368 g/mol. The summed E-state index contributed by atoms with van der Waals surface area (Å²) in [6, 6.07) is 8.10. The number of likely N-dealkylation sites (tertiary alicyclic amines) is 1. The molecule has 1 saturated heterocycles. The van der Waals surface area contributed by atoms with E-state index in [2.05, 4.69) is 42.5 Å². The number of sulfonamides is 1. The van der Waals surface area contributed by atoms with Crippen molar-refractivity contribution < 1.29 is 13.2 Å². The lowest BCUT2D eigenvalue weighted by molar-refractivity contribution is 0.117. The highest BCUT2D eigenvalue weighted by molar-refractivity contribution is 7.89. The smallest absolute Gasteiger partial charge is 0.211 e. The largest absolute Gasteiger partial charge is 0.493 e. The van der Waals surface area contributed by atoms with Crippen molar-refractivity contribution in [3.63, 3.8) is 0 Å². The Morgan fingerprint density at radius 2 is 1.92 bits per heavy atom. The van der Waals surface area contributed by atoms with Gasteiger partial charge in [-0.1, -0.05) is 32.9 Å². The molecule has 0 bridgehead atoms. The van der Waals surface area contributed by atoms with E-state index in [1.54, 1.807) is 6.92 Å². The number of rotatable bonds is 8. The van der Waals surface area contributed by atoms with E-state index < -0.39 is 10.0 Å². The van der Waals surface area contributed by atoms with Crippen LogP contribution in [0.4, 0.5) is 0 Å². The van der Waals surface area contributed by atoms with Gasteiger partial charge in [-0.05, 0) is 50.0 Å². The predicted octanol–water partition coefficient (Wildman–Crippen LogP) is 2.84. The molecule has 1 aromatic carbocycles. The maximum Gasteiger partial charge on any atom is 0.211 e. The highest BCUT2D eigenvalue weighted by atomic mass is 32.2. The summed E-state index contributed by atoms with van der Waals surface area (Å²) in [5, 5.41) is 0. The quantitative estimate of drug-likeness (QED) is 0.766. The van der Waals surface area contributed by atoms with E-state index in [4.69, 9.17) is 4.74 Å². The Hall–Kier alpha value is -1.11. The fraction of sp³-hybridized carbons (Fsp3) is 0.684. The first kappa shape index (κ1) is 20.2. The summed E-state index contributed by atoms with van der Waals surface area (Å²) >= 11 is 0. The summed E-state index contributed by atoms with van der Waals surface area (Å²) in [6.45, 7) is 11.3. The molecule has 2 atom stereocenters. The molecule has 1 heterocycles. The zero-order valence-electron chi connectivity index (χ0n) is 15.9. The van der Waals surface area contributed by atoms with Crippen molar-refractivity contribution in [3.05, 3.63) is 29.8 Å². The SMILES string of the molecule is CCN1CC[C@H](COc2ccc(C(C)C)cc2)[C@@H](NS(=O)(=O)CC)C1. The van der Waals surface area contributed by atoms with Gasteiger partial charge >= 0.3 is 0 Å². The molecule has 6 heteroatoms. The molecule has 1 fully saturated rings. The zero-order chi connectivity index (χ0) is 18.4. The van der Waals surface area contributed by atoms with Gasteiger partial charge in [0.2, 0.25) is 10.0 Å². The van der Waals surface area contributed by atoms with Crippen LogP contribution in [0.25, 0.3) is 0 Å². The number of hydrogen-bond donors (Lipinski definition) is 1. The fourth-order valence-electron chi connectivity index (χ4n) is 3.15. The Labute approximate surface area is 152 Å². The minimum Gasteiger partial charge on any atom is -0.493 e. The van der Waals surface area contributed by atoms with Gasteiger partial charge in [0.05, 0.1) is 12.4 Å². The van der Waals surface area contributed by atoms with E-state index in [0.29, 0.717) is 12.5 Å². The molecule has 1 aliphatic heterocycles. The second-order valence-electron chi connectivity index (χ2n) is 7.10. The molecule has 0 radical (unpaired) electrons. The molecule has 25 heavy (non-hydrogen) atoms. The van der Waals surface area contributed by atoms with Crippen LogP contribution >= 0.6 is 0 Å². The van der Waals surface area contributed by atoms with Crippen molar-refractivity contribution in [2.75, 3.05) is 32.0 Å². The second kappa shape index (κ2) is 9.01. The Balaban J connectivity index is 1.99. The third kappa shape index (κ3) is 5.97. The molecule has 1 aliphatic rings. The molecule has 0 spiro atoms. The van der Waals surface area contributed by atoms with Crippen molar-refractivity contribution in [2.24, 2.45) is 5.92 Å². The second-order valence-corrected chi connectivity index (χ2v) is 9.15. The molecule has 5 nitrogen and oxygen atoms in total. The predicted molar refractivity (Wildman–Crippen MR) is 103 cm³/mol. The highest BCUT2D eigenvalue weighted by Crippen LogP contribution is 2.22. The van der Waals surface area contributed by atoms with Crippen LogP contribution in [0.1, 0.15) is 45.6 Å². The number of likely N-dealkylation sites (N-methyl/N-ethyl adjacent to an activating group) is 1. The van der Waals surface area contributed by atoms with Crippen molar-refractivity contribution in [3.8, 4) is 5.75 Å². The molecule has 0 amide bonds. The number of benzene rings is 1. The third-order valence-electron chi connectivity index (χ3n) is 5.01. The van der Waals surface area contributed by atoms with E-state index in [9.17, 15) is 8.42 Å². The van der Waals surface area contributed by atoms with Crippen LogP contribution in [-0.2, 0) is 10.0 Å². The summed E-state index contributed by atoms with van der Waals surface area (Å²) in [4.78, 5) is 2.29. The van der Waals surface area contributed by atoms with Crippen molar-refractivity contribution in [1.82, 2.24) is 9.62 Å². The van der Waals surface area contributed by atoms with Crippen LogP contribution in [-0.4, -0.2) is 51.4 Å². The maximum absolute atomic E-state index is 12.0. The summed E-state index contributed by atoms with van der Waals surface area (Å²) in [5.41, 5.74) is 1.29. The zero-order valence-corrected chi connectivity index (χ0v) is 16.7. The van der Waals surface area contributed by atoms with Crippen LogP contribution in [0.3, 0.4) is 0 Å². The van der Waals surface area contributed by atoms with Gasteiger partial charge in [-0.3, -0.25) is 0 Å². The van der Waals surface area contributed by atoms with Gasteiger partial charge in [0.25, 0.3) is 0 Å². The van der Waals surface area contributed by atoms with Crippen LogP contribution in [0.5, 0.6) is 5.75 Å². The number of piperidine rings is 1. The molecule has 0 aromatic heterocycles. The molecular weight excluding hydrogens is 336 g/mol. The van der Waals surface area contributed by atoms with Crippen LogP contribution < -0.4 is 9.46 Å². The Morgan fingerprint density at radius 1 is 1.24 bits per heavy atom. The lowest BCUT2D eigenvalue weighted by Gasteiger charge is -2.38. The molecule has 1 aromatic rings. The maximum atomic E-state index is 12.0. The van der Waals surface area contributed by atoms with Gasteiger partial charge in [0.15, 0.2) is 0 Å². The summed E-state index contributed by atoms with van der Waals surface area (Å²) in [6.07, 6.45) is 0.939. The van der Waals surface area contributed by atoms with Gasteiger partial charge in [0.1, 0.15) is 5.75 Å². The van der Waals surface area contributed by atoms with Crippen LogP contribution in [0.2, 0.25) is 0 Å². The standard InChI is InChI=1S/C19H32N2O3S/c1-5-21-12-11-17(19(13-21)20-25(22,23)6-2)14-24-18-9-7-16(8-10-18)15(3)4/h7-10,15,17,19-20H,5-6,11-14H2,1-4H3/t17-,19+/m1/s1. The summed E-state index contributed by atoms with van der Waals surface area (Å²) in [5.74, 6) is 1.65. The van der Waals surface area contributed by atoms with Gasteiger partial charge in [-0.15, -0.1) is 0 Å². The van der Waals surface area contributed by atoms with Gasteiger partial charge in [-0.2, -0.15) is 0 Å². The number of ether oxygens (including phenoxy) is 1. The van der Waals surface area contributed by atoms with Crippen LogP contribution in [0.15, 0.2) is 24.3 Å². The summed E-state index contributed by atoms with van der Waals surface area (Å²) < 4.78 is 32.9. The fourth-order valence-corrected chi connectivity index (χ4v) is 4.05. The molecular formula is C19H32N2O3S. The highest BCUT2D eigenvalue weighted by Gasteiger charge is 2.31. The lowest BCUT2D eigenvalue weighted by Crippen LogP contribution is -2.54. The average molecular weight is 369 g/mol. The molecule has 1 N–H and O–H groups in total. The van der Waals surface area contributed by atoms with Gasteiger partial charge in [-0.25, -0.2) is 13.1 Å². The topological polar surface area (TPSA) is 58.6 Å². The first-order chi connectivity index (χ1) is 11.8. The average Bonchev–Trinajstić information content (AvgIpc) is 2.60. The minimum atomic E-state index is -3.21. The molecule has 142 valence electrons. The summed E-state index contributed by atoms with van der Waals surface area (Å²) in [7, 11) is -3.21. The number of nitrogens with one attached hydrogen (secondary N) is 1. The minimum absolute atomic E-state index is 0.0893. The van der Waals surface area contributed by atoms with Gasteiger partial charge < -0.3 is 9.64 Å². The normalized spacial score (nSPS) is 22.3. The van der Waals surface area contributed by atoms with Crippen molar-refractivity contribution in [1.29, 1.82) is 0 Å². The van der Waals surface area contributed by atoms with E-state index in [0.717, 1.165) is 31.8 Å². The van der Waals surface area contributed by atoms with Crippen molar-refractivity contribution >= 4 is 10.0 Å². The van der Waals surface area contributed by atoms with E-state index in [1.165, 1.54) is 5.56 Å².